The first-order chi connectivity index (χ1) is 15.2. The molecule has 1 aromatic carbocycles. The Labute approximate surface area is 180 Å². The molecule has 0 aliphatic carbocycles. The molecule has 0 bridgehead atoms. The minimum atomic E-state index is 0.303. The number of aromatic nitrogens is 4. The molecule has 1 fully saturated rings. The fraction of sp³-hybridized carbons (Fsp3) is 0.364. The number of rotatable bonds is 7. The van der Waals surface area contributed by atoms with Crippen molar-refractivity contribution in [2.75, 3.05) is 32.1 Å². The highest BCUT2D eigenvalue weighted by atomic mass is 16.5. The lowest BCUT2D eigenvalue weighted by molar-refractivity contribution is 0.218. The molecular weight excluding hydrogens is 394 g/mol. The maximum Gasteiger partial charge on any atom is 0.161 e. The van der Waals surface area contributed by atoms with Crippen molar-refractivity contribution in [3.05, 3.63) is 41.9 Å². The fourth-order valence-electron chi connectivity index (χ4n) is 3.64. The van der Waals surface area contributed by atoms with E-state index in [2.05, 4.69) is 30.8 Å². The molecule has 3 aromatic rings. The minimum absolute atomic E-state index is 0.303. The van der Waals surface area contributed by atoms with Crippen LogP contribution >= 0.6 is 0 Å². The highest BCUT2D eigenvalue weighted by molar-refractivity contribution is 5.76. The molecule has 1 aliphatic heterocycles. The number of hydrogen-bond acceptors (Lipinski definition) is 8. The maximum atomic E-state index is 9.01. The van der Waals surface area contributed by atoms with Gasteiger partial charge in [0.15, 0.2) is 11.5 Å². The largest absolute Gasteiger partial charge is 0.496 e. The van der Waals surface area contributed by atoms with E-state index in [0.29, 0.717) is 41.3 Å². The highest BCUT2D eigenvalue weighted by Crippen LogP contribution is 2.38. The van der Waals surface area contributed by atoms with Gasteiger partial charge in [-0.1, -0.05) is 6.07 Å². The van der Waals surface area contributed by atoms with Crippen molar-refractivity contribution in [2.45, 2.75) is 19.8 Å². The van der Waals surface area contributed by atoms with E-state index in [9.17, 15) is 0 Å². The van der Waals surface area contributed by atoms with E-state index in [4.69, 9.17) is 14.7 Å². The van der Waals surface area contributed by atoms with E-state index in [0.717, 1.165) is 36.5 Å². The van der Waals surface area contributed by atoms with E-state index >= 15 is 0 Å². The van der Waals surface area contributed by atoms with Crippen molar-refractivity contribution in [2.24, 2.45) is 5.92 Å². The molecule has 0 amide bonds. The summed E-state index contributed by atoms with van der Waals surface area (Å²) in [6.07, 6.45) is 3.84. The number of anilines is 2. The summed E-state index contributed by atoms with van der Waals surface area (Å²) in [7, 11) is 1.64. The van der Waals surface area contributed by atoms with Crippen molar-refractivity contribution in [3.63, 3.8) is 0 Å². The van der Waals surface area contributed by atoms with Crippen LogP contribution in [0.15, 0.2) is 30.5 Å². The predicted octanol–water partition coefficient (Wildman–Crippen LogP) is 3.18. The van der Waals surface area contributed by atoms with Crippen LogP contribution in [-0.2, 0) is 0 Å². The molecule has 3 heterocycles. The molecule has 31 heavy (non-hydrogen) atoms. The number of hydrogen-bond donors (Lipinski definition) is 3. The fourth-order valence-corrected chi connectivity index (χ4v) is 3.64. The molecule has 1 aliphatic rings. The molecule has 4 rings (SSSR count). The zero-order valence-electron chi connectivity index (χ0n) is 17.6. The molecule has 3 N–H and O–H groups in total. The Morgan fingerprint density at radius 1 is 1.29 bits per heavy atom. The van der Waals surface area contributed by atoms with Gasteiger partial charge in [-0.3, -0.25) is 5.10 Å². The van der Waals surface area contributed by atoms with Gasteiger partial charge in [0.2, 0.25) is 0 Å². The monoisotopic (exact) mass is 419 g/mol. The topological polar surface area (TPSA) is 121 Å². The lowest BCUT2D eigenvalue weighted by Gasteiger charge is -2.23. The van der Waals surface area contributed by atoms with Crippen molar-refractivity contribution < 1.29 is 9.47 Å². The van der Waals surface area contributed by atoms with Crippen LogP contribution in [0.2, 0.25) is 0 Å². The number of nitrogens with zero attached hydrogens (tertiary/aromatic N) is 4. The maximum absolute atomic E-state index is 9.01. The molecule has 1 saturated heterocycles. The summed E-state index contributed by atoms with van der Waals surface area (Å²) in [6.45, 7) is 4.44. The number of nitrogens with one attached hydrogen (secondary N) is 3. The summed E-state index contributed by atoms with van der Waals surface area (Å²) in [5.74, 6) is 3.01. The van der Waals surface area contributed by atoms with Gasteiger partial charge in [-0.25, -0.2) is 9.97 Å². The van der Waals surface area contributed by atoms with E-state index in [1.54, 1.807) is 14.0 Å². The van der Waals surface area contributed by atoms with Crippen LogP contribution in [0.5, 0.6) is 11.5 Å². The van der Waals surface area contributed by atoms with Crippen molar-refractivity contribution >= 4 is 11.6 Å². The second-order valence-corrected chi connectivity index (χ2v) is 7.45. The van der Waals surface area contributed by atoms with Gasteiger partial charge in [-0.2, -0.15) is 10.4 Å². The number of nitriles is 1. The summed E-state index contributed by atoms with van der Waals surface area (Å²) in [5, 5.41) is 22.9. The minimum Gasteiger partial charge on any atom is -0.496 e. The first-order valence-corrected chi connectivity index (χ1v) is 10.2. The molecule has 9 heteroatoms. The van der Waals surface area contributed by atoms with Crippen LogP contribution < -0.4 is 20.1 Å². The highest BCUT2D eigenvalue weighted by Gasteiger charge is 2.19. The molecule has 0 radical (unpaired) electrons. The molecule has 0 unspecified atom stereocenters. The predicted molar refractivity (Wildman–Crippen MR) is 116 cm³/mol. The first-order valence-electron chi connectivity index (χ1n) is 10.2. The first kappa shape index (κ1) is 20.6. The summed E-state index contributed by atoms with van der Waals surface area (Å²) in [5.41, 5.74) is 2.43. The number of methoxy groups -OCH3 is 1. The second kappa shape index (κ2) is 9.45. The van der Waals surface area contributed by atoms with Crippen molar-refractivity contribution in [1.29, 1.82) is 5.26 Å². The molecular formula is C22H25N7O2. The number of piperidine rings is 1. The van der Waals surface area contributed by atoms with Crippen LogP contribution in [0, 0.1) is 24.2 Å². The second-order valence-electron chi connectivity index (χ2n) is 7.45. The molecule has 2 aromatic heterocycles. The third kappa shape index (κ3) is 4.75. The van der Waals surface area contributed by atoms with Gasteiger partial charge >= 0.3 is 0 Å². The molecule has 0 saturated carbocycles. The van der Waals surface area contributed by atoms with E-state index < -0.39 is 0 Å². The Kier molecular flexibility index (Phi) is 6.29. The Morgan fingerprint density at radius 2 is 2.16 bits per heavy atom. The Bertz CT molecular complexity index is 1080. The molecule has 0 spiro atoms. The SMILES string of the molecule is COc1cccc(OC[C@H]2CCCNC2)c1-c1cc(Nc2cnc(C#N)c(C)n2)n[nH]1. The number of aryl methyl sites for hydroxylation is 1. The Balaban J connectivity index is 1.55. The molecule has 9 nitrogen and oxygen atoms in total. The Morgan fingerprint density at radius 3 is 2.90 bits per heavy atom. The van der Waals surface area contributed by atoms with Gasteiger partial charge in [0.05, 0.1) is 36.9 Å². The van der Waals surface area contributed by atoms with E-state index in [1.165, 1.54) is 12.6 Å². The lowest BCUT2D eigenvalue weighted by atomic mass is 10.0. The third-order valence-corrected chi connectivity index (χ3v) is 5.24. The van der Waals surface area contributed by atoms with E-state index in [-0.39, 0.29) is 0 Å². The van der Waals surface area contributed by atoms with Crippen molar-refractivity contribution in [1.82, 2.24) is 25.5 Å². The van der Waals surface area contributed by atoms with E-state index in [1.807, 2.05) is 30.3 Å². The number of benzene rings is 1. The third-order valence-electron chi connectivity index (χ3n) is 5.24. The smallest absolute Gasteiger partial charge is 0.161 e. The van der Waals surface area contributed by atoms with Crippen LogP contribution in [0.25, 0.3) is 11.3 Å². The van der Waals surface area contributed by atoms with Gasteiger partial charge in [-0.05, 0) is 38.4 Å². The molecule has 1 atom stereocenters. The normalized spacial score (nSPS) is 15.8. The number of aromatic amines is 1. The summed E-state index contributed by atoms with van der Waals surface area (Å²) in [6, 6.07) is 9.63. The zero-order chi connectivity index (χ0) is 21.6. The van der Waals surface area contributed by atoms with Crippen LogP contribution in [0.4, 0.5) is 11.6 Å². The van der Waals surface area contributed by atoms with Gasteiger partial charge in [0, 0.05) is 18.5 Å². The van der Waals surface area contributed by atoms with Gasteiger partial charge in [-0.15, -0.1) is 0 Å². The van der Waals surface area contributed by atoms with Crippen LogP contribution in [0.1, 0.15) is 24.2 Å². The average Bonchev–Trinajstić information content (AvgIpc) is 3.26. The zero-order valence-corrected chi connectivity index (χ0v) is 17.6. The standard InChI is InChI=1S/C22H25N7O2/c1-14-17(10-23)25-12-21(26-14)27-20-9-16(28-29-20)22-18(30-2)6-3-7-19(22)31-13-15-5-4-8-24-11-15/h3,6-7,9,12,15,24H,4-5,8,11,13H2,1-2H3,(H2,26,27,28,29)/t15-/m0/s1. The molecule has 160 valence electrons. The summed E-state index contributed by atoms with van der Waals surface area (Å²) < 4.78 is 11.8. The van der Waals surface area contributed by atoms with Gasteiger partial charge in [0.1, 0.15) is 23.4 Å². The number of ether oxygens (including phenoxy) is 2. The van der Waals surface area contributed by atoms with Gasteiger partial charge < -0.3 is 20.1 Å². The van der Waals surface area contributed by atoms with Gasteiger partial charge in [0.25, 0.3) is 0 Å². The lowest BCUT2D eigenvalue weighted by Crippen LogP contribution is -2.33. The van der Waals surface area contributed by atoms with Crippen molar-refractivity contribution in [3.8, 4) is 28.8 Å². The van der Waals surface area contributed by atoms with Crippen LogP contribution in [-0.4, -0.2) is 47.0 Å². The average molecular weight is 419 g/mol. The Hall–Kier alpha value is -3.64. The van der Waals surface area contributed by atoms with Crippen LogP contribution in [0.3, 0.4) is 0 Å². The number of H-pyrrole nitrogens is 1. The summed E-state index contributed by atoms with van der Waals surface area (Å²) >= 11 is 0. The quantitative estimate of drug-likeness (QED) is 0.534. The summed E-state index contributed by atoms with van der Waals surface area (Å²) in [4.78, 5) is 8.45.